The zero-order valence-corrected chi connectivity index (χ0v) is 8.78. The maximum absolute atomic E-state index is 5.71. The third-order valence-electron chi connectivity index (χ3n) is 0.696. The fourth-order valence-corrected chi connectivity index (χ4v) is 1.50. The Hall–Kier alpha value is 0.890. The summed E-state index contributed by atoms with van der Waals surface area (Å²) in [6.07, 6.45) is 0. The third-order valence-corrected chi connectivity index (χ3v) is 2.55. The van der Waals surface area contributed by atoms with Gasteiger partial charge in [0.2, 0.25) is 0 Å². The quantitative estimate of drug-likeness (QED) is 0.560. The van der Waals surface area contributed by atoms with Gasteiger partial charge in [0.05, 0.1) is 0 Å². The van der Waals surface area contributed by atoms with Gasteiger partial charge in [-0.3, -0.25) is 0 Å². The van der Waals surface area contributed by atoms with Crippen molar-refractivity contribution in [3.05, 3.63) is 0 Å². The van der Waals surface area contributed by atoms with Crippen molar-refractivity contribution in [2.45, 2.75) is 19.4 Å². The molecule has 0 bridgehead atoms. The molecule has 0 heterocycles. The molecule has 0 spiro atoms. The van der Waals surface area contributed by atoms with Crippen molar-refractivity contribution in [3.8, 4) is 0 Å². The first kappa shape index (κ1) is 13.5. The summed E-state index contributed by atoms with van der Waals surface area (Å²) in [5.74, 6) is 2.71. The number of alkyl halides is 1. The lowest BCUT2D eigenvalue weighted by atomic mass is 10.1. The van der Waals surface area contributed by atoms with Crippen molar-refractivity contribution >= 4 is 35.8 Å². The normalized spacial score (nSPS) is 10.8. The Morgan fingerprint density at radius 3 is 2.30 bits per heavy atom. The van der Waals surface area contributed by atoms with Crippen molar-refractivity contribution < 1.29 is 0 Å². The van der Waals surface area contributed by atoms with Gasteiger partial charge < -0.3 is 5.73 Å². The lowest BCUT2D eigenvalue weighted by Gasteiger charge is -2.16. The molecule has 0 radical (unpaired) electrons. The van der Waals surface area contributed by atoms with E-state index in [0.717, 1.165) is 17.4 Å². The average Bonchev–Trinajstić information content (AvgIpc) is 1.63. The second-order valence-corrected chi connectivity index (χ2v) is 4.21. The van der Waals surface area contributed by atoms with Gasteiger partial charge in [-0.2, -0.15) is 11.8 Å². The van der Waals surface area contributed by atoms with Crippen molar-refractivity contribution in [3.63, 3.8) is 0 Å². The molecule has 0 saturated carbocycles. The number of hydrogen-bond donors (Lipinski definition) is 1. The van der Waals surface area contributed by atoms with Crippen LogP contribution in [0.25, 0.3) is 0 Å². The predicted molar refractivity (Wildman–Crippen MR) is 53.6 cm³/mol. The zero-order chi connectivity index (χ0) is 7.33. The Morgan fingerprint density at radius 1 is 1.50 bits per heavy atom. The van der Waals surface area contributed by atoms with E-state index in [1.807, 2.05) is 13.8 Å². The maximum atomic E-state index is 5.71. The SMILES string of the molecule is CC(C)(N)CSCCCl.Cl. The molecule has 0 atom stereocenters. The van der Waals surface area contributed by atoms with Gasteiger partial charge in [0.1, 0.15) is 0 Å². The second kappa shape index (κ2) is 6.59. The molecule has 0 aliphatic rings. The summed E-state index contributed by atoms with van der Waals surface area (Å²) in [5.41, 5.74) is 5.67. The Bertz CT molecular complexity index is 72.6. The zero-order valence-electron chi connectivity index (χ0n) is 6.39. The molecule has 1 nitrogen and oxygen atoms in total. The van der Waals surface area contributed by atoms with Crippen LogP contribution in [0.15, 0.2) is 0 Å². The van der Waals surface area contributed by atoms with E-state index in [1.165, 1.54) is 0 Å². The summed E-state index contributed by atoms with van der Waals surface area (Å²) in [6, 6.07) is 0. The van der Waals surface area contributed by atoms with Crippen LogP contribution in [0.4, 0.5) is 0 Å². The predicted octanol–water partition coefficient (Wildman–Crippen LogP) is 2.12. The summed E-state index contributed by atoms with van der Waals surface area (Å²) in [7, 11) is 0. The van der Waals surface area contributed by atoms with Crippen LogP contribution in [0.2, 0.25) is 0 Å². The standard InChI is InChI=1S/C6H14ClNS.ClH/c1-6(2,8)5-9-4-3-7;/h3-5,8H2,1-2H3;1H. The molecular formula is C6H15Cl2NS. The van der Waals surface area contributed by atoms with Gasteiger partial charge >= 0.3 is 0 Å². The summed E-state index contributed by atoms with van der Waals surface area (Å²) < 4.78 is 0. The Labute approximate surface area is 78.5 Å². The van der Waals surface area contributed by atoms with E-state index in [0.29, 0.717) is 0 Å². The Balaban J connectivity index is 0. The molecule has 0 aliphatic heterocycles. The molecule has 2 N–H and O–H groups in total. The number of nitrogens with two attached hydrogens (primary N) is 1. The average molecular weight is 204 g/mol. The van der Waals surface area contributed by atoms with Crippen LogP contribution in [-0.2, 0) is 0 Å². The third kappa shape index (κ3) is 11.7. The van der Waals surface area contributed by atoms with Crippen molar-refractivity contribution in [2.24, 2.45) is 5.73 Å². The van der Waals surface area contributed by atoms with Gasteiger partial charge in [-0.1, -0.05) is 0 Å². The summed E-state index contributed by atoms with van der Waals surface area (Å²) in [4.78, 5) is 0. The topological polar surface area (TPSA) is 26.0 Å². The number of hydrogen-bond acceptors (Lipinski definition) is 2. The van der Waals surface area contributed by atoms with E-state index in [-0.39, 0.29) is 17.9 Å². The van der Waals surface area contributed by atoms with Crippen LogP contribution < -0.4 is 5.73 Å². The van der Waals surface area contributed by atoms with Crippen LogP contribution in [-0.4, -0.2) is 22.9 Å². The van der Waals surface area contributed by atoms with E-state index in [9.17, 15) is 0 Å². The molecule has 0 aromatic carbocycles. The Morgan fingerprint density at radius 2 is 2.00 bits per heavy atom. The van der Waals surface area contributed by atoms with E-state index in [2.05, 4.69) is 0 Å². The van der Waals surface area contributed by atoms with E-state index in [1.54, 1.807) is 11.8 Å². The van der Waals surface area contributed by atoms with Crippen molar-refractivity contribution in [1.29, 1.82) is 0 Å². The summed E-state index contributed by atoms with van der Waals surface area (Å²) in [6.45, 7) is 4.04. The number of thioether (sulfide) groups is 1. The molecule has 4 heteroatoms. The van der Waals surface area contributed by atoms with Gasteiger partial charge in [0.15, 0.2) is 0 Å². The highest BCUT2D eigenvalue weighted by Gasteiger charge is 2.08. The van der Waals surface area contributed by atoms with Crippen LogP contribution >= 0.6 is 35.8 Å². The highest BCUT2D eigenvalue weighted by atomic mass is 35.5. The van der Waals surface area contributed by atoms with E-state index >= 15 is 0 Å². The monoisotopic (exact) mass is 203 g/mol. The molecule has 0 saturated heterocycles. The minimum Gasteiger partial charge on any atom is -0.325 e. The van der Waals surface area contributed by atoms with Crippen LogP contribution in [0.5, 0.6) is 0 Å². The number of rotatable bonds is 4. The fourth-order valence-electron chi connectivity index (χ4n) is 0.390. The summed E-state index contributed by atoms with van der Waals surface area (Å²) >= 11 is 7.27. The molecule has 0 fully saturated rings. The number of halogens is 2. The minimum atomic E-state index is -0.0449. The molecule has 64 valence electrons. The molecule has 0 aromatic heterocycles. The lowest BCUT2D eigenvalue weighted by Crippen LogP contribution is -2.34. The highest BCUT2D eigenvalue weighted by molar-refractivity contribution is 7.99. The van der Waals surface area contributed by atoms with Crippen molar-refractivity contribution in [2.75, 3.05) is 17.4 Å². The maximum Gasteiger partial charge on any atom is 0.0314 e. The van der Waals surface area contributed by atoms with Crippen molar-refractivity contribution in [1.82, 2.24) is 0 Å². The van der Waals surface area contributed by atoms with Crippen LogP contribution in [0, 0.1) is 0 Å². The van der Waals surface area contributed by atoms with Gasteiger partial charge in [-0.05, 0) is 13.8 Å². The molecule has 0 unspecified atom stereocenters. The minimum absolute atomic E-state index is 0. The molecule has 10 heavy (non-hydrogen) atoms. The first-order valence-electron chi connectivity index (χ1n) is 2.99. The van der Waals surface area contributed by atoms with Gasteiger partial charge in [-0.25, -0.2) is 0 Å². The summed E-state index contributed by atoms with van der Waals surface area (Å²) in [5, 5.41) is 0. The van der Waals surface area contributed by atoms with E-state index < -0.39 is 0 Å². The smallest absolute Gasteiger partial charge is 0.0314 e. The molecule has 0 aromatic rings. The largest absolute Gasteiger partial charge is 0.325 e. The van der Waals surface area contributed by atoms with Gasteiger partial charge in [-0.15, -0.1) is 24.0 Å². The van der Waals surface area contributed by atoms with E-state index in [4.69, 9.17) is 17.3 Å². The first-order valence-corrected chi connectivity index (χ1v) is 4.68. The molecule has 0 rings (SSSR count). The van der Waals surface area contributed by atoms with Crippen LogP contribution in [0.1, 0.15) is 13.8 Å². The highest BCUT2D eigenvalue weighted by Crippen LogP contribution is 2.09. The van der Waals surface area contributed by atoms with Gasteiger partial charge in [0, 0.05) is 22.9 Å². The second-order valence-electron chi connectivity index (χ2n) is 2.73. The first-order chi connectivity index (χ1) is 4.06. The Kier molecular flexibility index (Phi) is 8.88. The van der Waals surface area contributed by atoms with Crippen LogP contribution in [0.3, 0.4) is 0 Å². The van der Waals surface area contributed by atoms with Gasteiger partial charge in [0.25, 0.3) is 0 Å². The fraction of sp³-hybridized carbons (Fsp3) is 1.00. The lowest BCUT2D eigenvalue weighted by molar-refractivity contribution is 0.591. The molecular weight excluding hydrogens is 189 g/mol. The molecule has 0 amide bonds. The molecule has 0 aliphatic carbocycles.